The minimum absolute atomic E-state index is 0.0274. The van der Waals surface area contributed by atoms with E-state index in [-0.39, 0.29) is 18.6 Å². The molecule has 0 unspecified atom stereocenters. The van der Waals surface area contributed by atoms with Crippen molar-refractivity contribution in [2.75, 3.05) is 13.2 Å². The number of rotatable bonds is 3. The van der Waals surface area contributed by atoms with E-state index in [1.54, 1.807) is 10.3 Å². The summed E-state index contributed by atoms with van der Waals surface area (Å²) in [5, 5.41) is 11.7. The summed E-state index contributed by atoms with van der Waals surface area (Å²) < 4.78 is 0. The molecule has 1 aromatic heterocycles. The van der Waals surface area contributed by atoms with Crippen molar-refractivity contribution in [3.8, 4) is 0 Å². The Balaban J connectivity index is 2.12. The largest absolute Gasteiger partial charge is 0.394 e. The zero-order chi connectivity index (χ0) is 11.5. The molecule has 88 valence electrons. The third-order valence-corrected chi connectivity index (χ3v) is 3.67. The molecule has 2 rings (SSSR count). The van der Waals surface area contributed by atoms with Gasteiger partial charge in [-0.05, 0) is 12.8 Å². The summed E-state index contributed by atoms with van der Waals surface area (Å²) in [6.07, 6.45) is 1.82. The highest BCUT2D eigenvalue weighted by molar-refractivity contribution is 7.09. The van der Waals surface area contributed by atoms with Gasteiger partial charge in [0.1, 0.15) is 10.7 Å². The van der Waals surface area contributed by atoms with E-state index in [9.17, 15) is 4.79 Å². The molecular formula is C10H15N3O2S. The number of hydrogen-bond donors (Lipinski definition) is 2. The average molecular weight is 241 g/mol. The van der Waals surface area contributed by atoms with Crippen molar-refractivity contribution in [3.05, 3.63) is 16.1 Å². The molecule has 2 heterocycles. The molecule has 16 heavy (non-hydrogen) atoms. The van der Waals surface area contributed by atoms with Crippen molar-refractivity contribution in [1.82, 2.24) is 9.88 Å². The van der Waals surface area contributed by atoms with Gasteiger partial charge >= 0.3 is 0 Å². The summed E-state index contributed by atoms with van der Waals surface area (Å²) in [4.78, 5) is 17.9. The average Bonchev–Trinajstić information content (AvgIpc) is 2.96. The minimum Gasteiger partial charge on any atom is -0.394 e. The number of nitrogens with zero attached hydrogens (tertiary/aromatic N) is 2. The van der Waals surface area contributed by atoms with E-state index in [0.717, 1.165) is 17.8 Å². The molecule has 0 radical (unpaired) electrons. The standard InChI is InChI=1S/C10H15N3O2S/c11-4-9-12-8(6-16-9)10(15)13-3-1-2-7(13)5-14/h6-7,14H,1-5,11H2/t7-/m1/s1. The summed E-state index contributed by atoms with van der Waals surface area (Å²) >= 11 is 1.40. The summed E-state index contributed by atoms with van der Waals surface area (Å²) in [5.41, 5.74) is 5.90. The molecule has 1 aliphatic rings. The zero-order valence-corrected chi connectivity index (χ0v) is 9.74. The summed E-state index contributed by atoms with van der Waals surface area (Å²) in [7, 11) is 0. The van der Waals surface area contributed by atoms with Gasteiger partial charge < -0.3 is 15.7 Å². The SMILES string of the molecule is NCc1nc(C(=O)N2CCC[C@@H]2CO)cs1. The quantitative estimate of drug-likeness (QED) is 0.792. The number of aliphatic hydroxyl groups excluding tert-OH is 1. The molecule has 0 aliphatic carbocycles. The van der Waals surface area contributed by atoms with Gasteiger partial charge in [0.15, 0.2) is 0 Å². The van der Waals surface area contributed by atoms with Crippen LogP contribution in [0.15, 0.2) is 5.38 Å². The van der Waals surface area contributed by atoms with Crippen LogP contribution in [0.25, 0.3) is 0 Å². The Bertz CT molecular complexity index is 380. The Labute approximate surface area is 97.9 Å². The first-order valence-corrected chi connectivity index (χ1v) is 6.20. The highest BCUT2D eigenvalue weighted by Crippen LogP contribution is 2.20. The molecule has 6 heteroatoms. The molecule has 1 saturated heterocycles. The van der Waals surface area contributed by atoms with Crippen LogP contribution >= 0.6 is 11.3 Å². The Kier molecular flexibility index (Phi) is 3.52. The number of carbonyl (C=O) groups is 1. The zero-order valence-electron chi connectivity index (χ0n) is 8.93. The Hall–Kier alpha value is -0.980. The Morgan fingerprint density at radius 3 is 3.19 bits per heavy atom. The van der Waals surface area contributed by atoms with Crippen LogP contribution < -0.4 is 5.73 Å². The molecule has 0 aromatic carbocycles. The third kappa shape index (κ3) is 2.09. The first-order chi connectivity index (χ1) is 7.76. The number of likely N-dealkylation sites (tertiary alicyclic amines) is 1. The van der Waals surface area contributed by atoms with E-state index >= 15 is 0 Å². The predicted molar refractivity (Wildman–Crippen MR) is 61.1 cm³/mol. The summed E-state index contributed by atoms with van der Waals surface area (Å²) in [5.74, 6) is -0.0903. The molecule has 1 aliphatic heterocycles. The maximum absolute atomic E-state index is 12.1. The van der Waals surface area contributed by atoms with Gasteiger partial charge in [0.25, 0.3) is 5.91 Å². The smallest absolute Gasteiger partial charge is 0.273 e. The van der Waals surface area contributed by atoms with Gasteiger partial charge in [-0.25, -0.2) is 4.98 Å². The minimum atomic E-state index is -0.0903. The fraction of sp³-hybridized carbons (Fsp3) is 0.600. The molecule has 5 nitrogen and oxygen atoms in total. The van der Waals surface area contributed by atoms with Crippen molar-refractivity contribution in [2.24, 2.45) is 5.73 Å². The number of nitrogens with two attached hydrogens (primary N) is 1. The molecule has 3 N–H and O–H groups in total. The van der Waals surface area contributed by atoms with Crippen LogP contribution in [0.1, 0.15) is 28.3 Å². The van der Waals surface area contributed by atoms with E-state index in [4.69, 9.17) is 10.8 Å². The normalized spacial score (nSPS) is 20.4. The van der Waals surface area contributed by atoms with E-state index in [2.05, 4.69) is 4.98 Å². The van der Waals surface area contributed by atoms with E-state index < -0.39 is 0 Å². The molecule has 1 aromatic rings. The molecular weight excluding hydrogens is 226 g/mol. The Morgan fingerprint density at radius 1 is 1.75 bits per heavy atom. The Morgan fingerprint density at radius 2 is 2.56 bits per heavy atom. The van der Waals surface area contributed by atoms with E-state index in [1.165, 1.54) is 11.3 Å². The second kappa shape index (κ2) is 4.90. The van der Waals surface area contributed by atoms with Crippen LogP contribution in [0.3, 0.4) is 0 Å². The van der Waals surface area contributed by atoms with Crippen LogP contribution in [0.2, 0.25) is 0 Å². The van der Waals surface area contributed by atoms with Gasteiger partial charge in [0.2, 0.25) is 0 Å². The molecule has 1 amide bonds. The van der Waals surface area contributed by atoms with Gasteiger partial charge in [0, 0.05) is 18.5 Å². The number of aliphatic hydroxyl groups is 1. The predicted octanol–water partition coefficient (Wildman–Crippen LogP) is 0.199. The van der Waals surface area contributed by atoms with Crippen LogP contribution in [-0.4, -0.2) is 40.1 Å². The molecule has 1 atom stereocenters. The highest BCUT2D eigenvalue weighted by atomic mass is 32.1. The molecule has 0 spiro atoms. The molecule has 0 saturated carbocycles. The first kappa shape index (κ1) is 11.5. The lowest BCUT2D eigenvalue weighted by Gasteiger charge is -2.21. The van der Waals surface area contributed by atoms with Crippen molar-refractivity contribution in [1.29, 1.82) is 0 Å². The van der Waals surface area contributed by atoms with Crippen LogP contribution in [-0.2, 0) is 6.54 Å². The number of carbonyl (C=O) groups excluding carboxylic acids is 1. The van der Waals surface area contributed by atoms with Gasteiger partial charge in [-0.1, -0.05) is 0 Å². The van der Waals surface area contributed by atoms with E-state index in [1.807, 2.05) is 0 Å². The van der Waals surface area contributed by atoms with Crippen molar-refractivity contribution in [2.45, 2.75) is 25.4 Å². The maximum Gasteiger partial charge on any atom is 0.273 e. The topological polar surface area (TPSA) is 79.5 Å². The second-order valence-corrected chi connectivity index (χ2v) is 4.75. The van der Waals surface area contributed by atoms with Gasteiger partial charge in [-0.15, -0.1) is 11.3 Å². The number of hydrogen-bond acceptors (Lipinski definition) is 5. The maximum atomic E-state index is 12.1. The van der Waals surface area contributed by atoms with Crippen LogP contribution in [0, 0.1) is 0 Å². The van der Waals surface area contributed by atoms with E-state index in [0.29, 0.717) is 18.8 Å². The van der Waals surface area contributed by atoms with Gasteiger partial charge in [-0.2, -0.15) is 0 Å². The van der Waals surface area contributed by atoms with Crippen LogP contribution in [0.5, 0.6) is 0 Å². The summed E-state index contributed by atoms with van der Waals surface area (Å²) in [6, 6.07) is -0.0458. The third-order valence-electron chi connectivity index (χ3n) is 2.79. The fourth-order valence-corrected chi connectivity index (χ4v) is 2.59. The highest BCUT2D eigenvalue weighted by Gasteiger charge is 2.29. The molecule has 0 bridgehead atoms. The second-order valence-electron chi connectivity index (χ2n) is 3.81. The first-order valence-electron chi connectivity index (χ1n) is 5.32. The number of aromatic nitrogens is 1. The van der Waals surface area contributed by atoms with Crippen molar-refractivity contribution >= 4 is 17.2 Å². The van der Waals surface area contributed by atoms with Gasteiger partial charge in [0.05, 0.1) is 12.6 Å². The van der Waals surface area contributed by atoms with Crippen molar-refractivity contribution < 1.29 is 9.90 Å². The van der Waals surface area contributed by atoms with Crippen molar-refractivity contribution in [3.63, 3.8) is 0 Å². The number of amides is 1. The lowest BCUT2D eigenvalue weighted by Crippen LogP contribution is -2.37. The summed E-state index contributed by atoms with van der Waals surface area (Å²) in [6.45, 7) is 1.10. The monoisotopic (exact) mass is 241 g/mol. The van der Waals surface area contributed by atoms with Gasteiger partial charge in [-0.3, -0.25) is 4.79 Å². The number of thiazole rings is 1. The fourth-order valence-electron chi connectivity index (χ4n) is 1.94. The van der Waals surface area contributed by atoms with Crippen LogP contribution in [0.4, 0.5) is 0 Å². The molecule has 1 fully saturated rings. The lowest BCUT2D eigenvalue weighted by molar-refractivity contribution is 0.0672. The lowest BCUT2D eigenvalue weighted by atomic mass is 10.2.